The van der Waals surface area contributed by atoms with Crippen molar-refractivity contribution in [2.24, 2.45) is 0 Å². The Labute approximate surface area is 88.5 Å². The van der Waals surface area contributed by atoms with Crippen LogP contribution in [0.25, 0.3) is 0 Å². The predicted octanol–water partition coefficient (Wildman–Crippen LogP) is 3.96. The molecule has 0 saturated carbocycles. The van der Waals surface area contributed by atoms with E-state index in [-0.39, 0.29) is 0 Å². The van der Waals surface area contributed by atoms with Gasteiger partial charge in [-0.3, -0.25) is 0 Å². The molecular formula is C11H14BrN. The van der Waals surface area contributed by atoms with E-state index < -0.39 is 0 Å². The van der Waals surface area contributed by atoms with Gasteiger partial charge in [0.2, 0.25) is 0 Å². The number of rotatable bonds is 0. The van der Waals surface area contributed by atoms with Crippen molar-refractivity contribution in [3.05, 3.63) is 33.3 Å². The molecule has 0 aromatic heterocycles. The van der Waals surface area contributed by atoms with Crippen molar-refractivity contribution in [1.29, 1.82) is 5.26 Å². The van der Waals surface area contributed by atoms with Crippen LogP contribution in [-0.4, -0.2) is 0 Å². The molecule has 1 rings (SSSR count). The third-order valence-electron chi connectivity index (χ3n) is 1.57. The summed E-state index contributed by atoms with van der Waals surface area (Å²) in [4.78, 5) is 0. The molecular weight excluding hydrogens is 226 g/mol. The molecule has 1 aromatic carbocycles. The second kappa shape index (κ2) is 5.77. The van der Waals surface area contributed by atoms with E-state index in [0.29, 0.717) is 0 Å². The second-order valence-electron chi connectivity index (χ2n) is 2.54. The van der Waals surface area contributed by atoms with Crippen LogP contribution in [0.1, 0.15) is 30.5 Å². The number of hydrogen-bond donors (Lipinski definition) is 0. The Hall–Kier alpha value is -0.810. The molecule has 0 radical (unpaired) electrons. The maximum absolute atomic E-state index is 8.61. The van der Waals surface area contributed by atoms with Crippen molar-refractivity contribution >= 4 is 15.9 Å². The first-order valence-corrected chi connectivity index (χ1v) is 5.11. The van der Waals surface area contributed by atoms with Gasteiger partial charge in [-0.05, 0) is 37.1 Å². The largest absolute Gasteiger partial charge is 0.192 e. The molecule has 0 fully saturated rings. The molecule has 0 atom stereocenters. The summed E-state index contributed by atoms with van der Waals surface area (Å²) in [6.45, 7) is 7.97. The van der Waals surface area contributed by atoms with Crippen molar-refractivity contribution in [3.8, 4) is 6.07 Å². The third kappa shape index (κ3) is 3.20. The van der Waals surface area contributed by atoms with Crippen molar-refractivity contribution in [2.75, 3.05) is 0 Å². The summed E-state index contributed by atoms with van der Waals surface area (Å²) >= 11 is 3.43. The first kappa shape index (κ1) is 12.2. The van der Waals surface area contributed by atoms with Gasteiger partial charge in [0, 0.05) is 4.47 Å². The Morgan fingerprint density at radius 1 is 1.15 bits per heavy atom. The van der Waals surface area contributed by atoms with E-state index in [1.54, 1.807) is 0 Å². The van der Waals surface area contributed by atoms with Crippen LogP contribution in [0.15, 0.2) is 16.6 Å². The Kier molecular flexibility index (Phi) is 5.41. The minimum Gasteiger partial charge on any atom is -0.192 e. The smallest absolute Gasteiger partial charge is 0.0991 e. The first-order valence-electron chi connectivity index (χ1n) is 4.32. The van der Waals surface area contributed by atoms with Gasteiger partial charge in [-0.25, -0.2) is 0 Å². The monoisotopic (exact) mass is 239 g/mol. The van der Waals surface area contributed by atoms with E-state index in [2.05, 4.69) is 22.0 Å². The summed E-state index contributed by atoms with van der Waals surface area (Å²) in [5, 5.41) is 8.61. The molecule has 0 aliphatic heterocycles. The molecule has 0 aliphatic carbocycles. The van der Waals surface area contributed by atoms with Gasteiger partial charge in [-0.1, -0.05) is 29.8 Å². The number of nitriles is 1. The highest BCUT2D eigenvalue weighted by Gasteiger charge is 2.00. The van der Waals surface area contributed by atoms with E-state index in [4.69, 9.17) is 5.26 Å². The van der Waals surface area contributed by atoms with Crippen LogP contribution in [0, 0.1) is 25.2 Å². The SMILES string of the molecule is CC.Cc1cc(C#N)cc(C)c1Br. The minimum atomic E-state index is 0.725. The maximum atomic E-state index is 8.61. The summed E-state index contributed by atoms with van der Waals surface area (Å²) in [5.74, 6) is 0. The summed E-state index contributed by atoms with van der Waals surface area (Å²) in [7, 11) is 0. The minimum absolute atomic E-state index is 0.725. The van der Waals surface area contributed by atoms with E-state index in [1.807, 2.05) is 39.8 Å². The van der Waals surface area contributed by atoms with Gasteiger partial charge >= 0.3 is 0 Å². The van der Waals surface area contributed by atoms with Crippen molar-refractivity contribution in [3.63, 3.8) is 0 Å². The lowest BCUT2D eigenvalue weighted by Crippen LogP contribution is -1.84. The molecule has 0 N–H and O–H groups in total. The Bertz CT molecular complexity index is 300. The van der Waals surface area contributed by atoms with E-state index in [1.165, 1.54) is 0 Å². The predicted molar refractivity (Wildman–Crippen MR) is 59.7 cm³/mol. The molecule has 0 aliphatic rings. The van der Waals surface area contributed by atoms with Crippen LogP contribution in [0.5, 0.6) is 0 Å². The van der Waals surface area contributed by atoms with Crippen LogP contribution in [0.4, 0.5) is 0 Å². The van der Waals surface area contributed by atoms with Crippen LogP contribution in [0.2, 0.25) is 0 Å². The van der Waals surface area contributed by atoms with Crippen molar-refractivity contribution < 1.29 is 0 Å². The van der Waals surface area contributed by atoms with E-state index >= 15 is 0 Å². The standard InChI is InChI=1S/C9H8BrN.C2H6/c1-6-3-8(5-11)4-7(2)9(6)10;1-2/h3-4H,1-2H3;1-2H3. The van der Waals surface area contributed by atoms with E-state index in [0.717, 1.165) is 21.2 Å². The topological polar surface area (TPSA) is 23.8 Å². The lowest BCUT2D eigenvalue weighted by atomic mass is 10.1. The zero-order chi connectivity index (χ0) is 10.4. The van der Waals surface area contributed by atoms with Gasteiger partial charge < -0.3 is 0 Å². The van der Waals surface area contributed by atoms with Gasteiger partial charge in [0.15, 0.2) is 0 Å². The van der Waals surface area contributed by atoms with Crippen LogP contribution >= 0.6 is 15.9 Å². The highest BCUT2D eigenvalue weighted by atomic mass is 79.9. The molecule has 0 spiro atoms. The molecule has 0 saturated heterocycles. The molecule has 0 unspecified atom stereocenters. The quantitative estimate of drug-likeness (QED) is 0.673. The molecule has 13 heavy (non-hydrogen) atoms. The number of benzene rings is 1. The summed E-state index contributed by atoms with van der Waals surface area (Å²) in [6, 6.07) is 5.86. The normalized spacial score (nSPS) is 8.31. The number of nitrogens with zero attached hydrogens (tertiary/aromatic N) is 1. The maximum Gasteiger partial charge on any atom is 0.0991 e. The average Bonchev–Trinajstić information content (AvgIpc) is 2.16. The highest BCUT2D eigenvalue weighted by Crippen LogP contribution is 2.21. The lowest BCUT2D eigenvalue weighted by molar-refractivity contribution is 1.32. The Morgan fingerprint density at radius 3 is 1.85 bits per heavy atom. The fourth-order valence-corrected chi connectivity index (χ4v) is 1.24. The summed E-state index contributed by atoms with van der Waals surface area (Å²) < 4.78 is 1.09. The van der Waals surface area contributed by atoms with Crippen LogP contribution in [0.3, 0.4) is 0 Å². The van der Waals surface area contributed by atoms with Gasteiger partial charge in [0.1, 0.15) is 0 Å². The molecule has 0 heterocycles. The first-order chi connectivity index (χ1) is 6.15. The van der Waals surface area contributed by atoms with Gasteiger partial charge in [-0.15, -0.1) is 0 Å². The molecule has 0 amide bonds. The van der Waals surface area contributed by atoms with Crippen molar-refractivity contribution in [2.45, 2.75) is 27.7 Å². The fraction of sp³-hybridized carbons (Fsp3) is 0.364. The molecule has 1 aromatic rings. The van der Waals surface area contributed by atoms with E-state index in [9.17, 15) is 0 Å². The van der Waals surface area contributed by atoms with Crippen molar-refractivity contribution in [1.82, 2.24) is 0 Å². The second-order valence-corrected chi connectivity index (χ2v) is 3.33. The van der Waals surface area contributed by atoms with Gasteiger partial charge in [-0.2, -0.15) is 5.26 Å². The number of halogens is 1. The van der Waals surface area contributed by atoms with Gasteiger partial charge in [0.25, 0.3) is 0 Å². The third-order valence-corrected chi connectivity index (χ3v) is 2.82. The number of aryl methyl sites for hydroxylation is 2. The molecule has 70 valence electrons. The van der Waals surface area contributed by atoms with Crippen LogP contribution < -0.4 is 0 Å². The number of hydrogen-bond acceptors (Lipinski definition) is 1. The van der Waals surface area contributed by atoms with Gasteiger partial charge in [0.05, 0.1) is 11.6 Å². The Morgan fingerprint density at radius 2 is 1.54 bits per heavy atom. The summed E-state index contributed by atoms with van der Waals surface area (Å²) in [6.07, 6.45) is 0. The molecule has 0 bridgehead atoms. The van der Waals surface area contributed by atoms with Crippen LogP contribution in [-0.2, 0) is 0 Å². The molecule has 2 heteroatoms. The zero-order valence-electron chi connectivity index (χ0n) is 8.48. The fourth-order valence-electron chi connectivity index (χ4n) is 1.01. The zero-order valence-corrected chi connectivity index (χ0v) is 10.1. The summed E-state index contributed by atoms with van der Waals surface area (Å²) in [5.41, 5.74) is 2.95. The Balaban J connectivity index is 0.000000671. The lowest BCUT2D eigenvalue weighted by Gasteiger charge is -2.01. The average molecular weight is 240 g/mol. The highest BCUT2D eigenvalue weighted by molar-refractivity contribution is 9.10. The molecule has 1 nitrogen and oxygen atoms in total.